The Morgan fingerprint density at radius 2 is 1.61 bits per heavy atom. The van der Waals surface area contributed by atoms with Gasteiger partial charge in [0.15, 0.2) is 0 Å². The summed E-state index contributed by atoms with van der Waals surface area (Å²) < 4.78 is 11.3. The van der Waals surface area contributed by atoms with Crippen LogP contribution in [0.5, 0.6) is 5.75 Å². The first-order chi connectivity index (χ1) is 11.0. The van der Waals surface area contributed by atoms with Crippen LogP contribution < -0.4 is 16.2 Å². The highest BCUT2D eigenvalue weighted by atomic mass is 16.5. The first kappa shape index (κ1) is 14.6. The number of furan rings is 1. The molecule has 1 aromatic heterocycles. The second-order valence-electron chi connectivity index (χ2n) is 5.11. The summed E-state index contributed by atoms with van der Waals surface area (Å²) in [5.74, 6) is 1.18. The van der Waals surface area contributed by atoms with E-state index in [1.807, 2.05) is 12.1 Å². The smallest absolute Gasteiger partial charge is 0.139 e. The van der Waals surface area contributed by atoms with E-state index >= 15 is 0 Å². The molecule has 0 unspecified atom stereocenters. The number of ether oxygens (including phenoxy) is 1. The Balaban J connectivity index is 2.12. The van der Waals surface area contributed by atoms with Crippen molar-refractivity contribution in [3.63, 3.8) is 0 Å². The van der Waals surface area contributed by atoms with E-state index < -0.39 is 0 Å². The van der Waals surface area contributed by atoms with Gasteiger partial charge < -0.3 is 20.6 Å². The van der Waals surface area contributed by atoms with Crippen molar-refractivity contribution in [2.24, 2.45) is 11.5 Å². The van der Waals surface area contributed by atoms with E-state index in [2.05, 4.69) is 0 Å². The number of fused-ring (bicyclic) bond motifs is 1. The summed E-state index contributed by atoms with van der Waals surface area (Å²) in [5.41, 5.74) is 13.6. The number of benzene rings is 2. The molecule has 3 rings (SSSR count). The number of amidine groups is 2. The second kappa shape index (κ2) is 5.49. The fourth-order valence-electron chi connectivity index (χ4n) is 2.39. The lowest BCUT2D eigenvalue weighted by Gasteiger charge is -2.08. The topological polar surface area (TPSA) is 122 Å². The fraction of sp³-hybridized carbons (Fsp3) is 0.0588. The zero-order valence-electron chi connectivity index (χ0n) is 12.5. The van der Waals surface area contributed by atoms with Crippen molar-refractivity contribution in [2.45, 2.75) is 0 Å². The maximum Gasteiger partial charge on any atom is 0.139 e. The molecule has 0 saturated heterocycles. The summed E-state index contributed by atoms with van der Waals surface area (Å²) in [6.45, 7) is 0. The summed E-state index contributed by atoms with van der Waals surface area (Å²) in [6, 6.07) is 12.5. The lowest BCUT2D eigenvalue weighted by Crippen LogP contribution is -2.11. The average molecular weight is 308 g/mol. The fourth-order valence-corrected chi connectivity index (χ4v) is 2.39. The molecule has 0 aliphatic heterocycles. The normalized spacial score (nSPS) is 10.7. The molecule has 0 amide bonds. The minimum Gasteiger partial charge on any atom is -0.496 e. The Morgan fingerprint density at radius 1 is 0.957 bits per heavy atom. The second-order valence-corrected chi connectivity index (χ2v) is 5.11. The standard InChI is InChI=1S/C17H16N4O2/c1-22-14-8-11(17(20)21)4-5-12(14)15-6-9-2-3-10(16(18)19)7-13(9)23-15/h2-8H,1H3,(H3,18,19)(H3,20,21). The van der Waals surface area contributed by atoms with Crippen LogP contribution in [0, 0.1) is 10.8 Å². The quantitative estimate of drug-likeness (QED) is 0.437. The van der Waals surface area contributed by atoms with Crippen molar-refractivity contribution in [3.05, 3.63) is 53.6 Å². The number of methoxy groups -OCH3 is 1. The third-order valence-corrected chi connectivity index (χ3v) is 3.61. The molecule has 0 aliphatic carbocycles. The Labute approximate surface area is 132 Å². The van der Waals surface area contributed by atoms with Gasteiger partial charge in [0.25, 0.3) is 0 Å². The Bertz CT molecular complexity index is 927. The highest BCUT2D eigenvalue weighted by Crippen LogP contribution is 2.35. The van der Waals surface area contributed by atoms with Crippen LogP contribution in [0.15, 0.2) is 46.9 Å². The molecule has 3 aromatic rings. The van der Waals surface area contributed by atoms with Crippen molar-refractivity contribution in [1.29, 1.82) is 10.8 Å². The molecule has 0 fully saturated rings. The van der Waals surface area contributed by atoms with Crippen LogP contribution in [0.2, 0.25) is 0 Å². The van der Waals surface area contributed by atoms with Crippen molar-refractivity contribution >= 4 is 22.6 Å². The van der Waals surface area contributed by atoms with E-state index in [9.17, 15) is 0 Å². The SMILES string of the molecule is COc1cc(C(=N)N)ccc1-c1cc2ccc(C(=N)N)cc2o1. The predicted octanol–water partition coefficient (Wildman–Crippen LogP) is 2.68. The number of nitrogens with one attached hydrogen (secondary N) is 2. The predicted molar refractivity (Wildman–Crippen MR) is 90.2 cm³/mol. The van der Waals surface area contributed by atoms with Crippen LogP contribution in [0.3, 0.4) is 0 Å². The summed E-state index contributed by atoms with van der Waals surface area (Å²) in [7, 11) is 1.55. The van der Waals surface area contributed by atoms with Gasteiger partial charge in [-0.1, -0.05) is 18.2 Å². The van der Waals surface area contributed by atoms with Crippen LogP contribution in [-0.4, -0.2) is 18.8 Å². The highest BCUT2D eigenvalue weighted by Gasteiger charge is 2.13. The third kappa shape index (κ3) is 2.62. The number of rotatable bonds is 4. The molecule has 116 valence electrons. The zero-order chi connectivity index (χ0) is 16.6. The van der Waals surface area contributed by atoms with Gasteiger partial charge in [0.1, 0.15) is 28.8 Å². The van der Waals surface area contributed by atoms with Gasteiger partial charge in [-0.05, 0) is 24.3 Å². The maximum absolute atomic E-state index is 7.50. The van der Waals surface area contributed by atoms with Gasteiger partial charge >= 0.3 is 0 Å². The van der Waals surface area contributed by atoms with Gasteiger partial charge in [-0.15, -0.1) is 0 Å². The van der Waals surface area contributed by atoms with E-state index in [0.717, 1.165) is 10.9 Å². The van der Waals surface area contributed by atoms with E-state index in [-0.39, 0.29) is 11.7 Å². The number of nitrogens with two attached hydrogens (primary N) is 2. The number of hydrogen-bond donors (Lipinski definition) is 4. The first-order valence-electron chi connectivity index (χ1n) is 6.90. The molecular formula is C17H16N4O2. The lowest BCUT2D eigenvalue weighted by atomic mass is 10.1. The first-order valence-corrected chi connectivity index (χ1v) is 6.90. The largest absolute Gasteiger partial charge is 0.496 e. The van der Waals surface area contributed by atoms with Crippen molar-refractivity contribution in [2.75, 3.05) is 7.11 Å². The third-order valence-electron chi connectivity index (χ3n) is 3.61. The molecule has 0 bridgehead atoms. The Kier molecular flexibility index (Phi) is 3.50. The van der Waals surface area contributed by atoms with Gasteiger partial charge in [0, 0.05) is 16.5 Å². The van der Waals surface area contributed by atoms with Crippen LogP contribution in [0.25, 0.3) is 22.3 Å². The molecular weight excluding hydrogens is 292 g/mol. The molecule has 6 N–H and O–H groups in total. The molecule has 23 heavy (non-hydrogen) atoms. The van der Waals surface area contributed by atoms with Crippen molar-refractivity contribution in [1.82, 2.24) is 0 Å². The molecule has 2 aromatic carbocycles. The Morgan fingerprint density at radius 3 is 2.26 bits per heavy atom. The molecule has 0 spiro atoms. The maximum atomic E-state index is 7.50. The molecule has 6 heteroatoms. The molecule has 0 atom stereocenters. The molecule has 0 saturated carbocycles. The van der Waals surface area contributed by atoms with Crippen molar-refractivity contribution in [3.8, 4) is 17.1 Å². The average Bonchev–Trinajstić information content (AvgIpc) is 2.96. The van der Waals surface area contributed by atoms with Gasteiger partial charge in [0.05, 0.1) is 12.7 Å². The van der Waals surface area contributed by atoms with Gasteiger partial charge in [-0.25, -0.2) is 0 Å². The number of hydrogen-bond acceptors (Lipinski definition) is 4. The Hall–Kier alpha value is -3.28. The summed E-state index contributed by atoms with van der Waals surface area (Å²) in [6.07, 6.45) is 0. The molecule has 1 heterocycles. The van der Waals surface area contributed by atoms with E-state index in [1.54, 1.807) is 37.4 Å². The van der Waals surface area contributed by atoms with Crippen molar-refractivity contribution < 1.29 is 9.15 Å². The minimum atomic E-state index is -0.0226. The number of nitrogen functional groups attached to an aromatic ring is 2. The lowest BCUT2D eigenvalue weighted by molar-refractivity contribution is 0.415. The minimum absolute atomic E-state index is 0.00626. The van der Waals surface area contributed by atoms with Crippen LogP contribution in [0.4, 0.5) is 0 Å². The van der Waals surface area contributed by atoms with E-state index in [1.165, 1.54) is 0 Å². The molecule has 0 aliphatic rings. The van der Waals surface area contributed by atoms with Crippen LogP contribution in [0.1, 0.15) is 11.1 Å². The van der Waals surface area contributed by atoms with Crippen LogP contribution >= 0.6 is 0 Å². The van der Waals surface area contributed by atoms with E-state index in [4.69, 9.17) is 31.4 Å². The van der Waals surface area contributed by atoms with Crippen LogP contribution in [-0.2, 0) is 0 Å². The van der Waals surface area contributed by atoms with E-state index in [0.29, 0.717) is 28.2 Å². The summed E-state index contributed by atoms with van der Waals surface area (Å²) >= 11 is 0. The summed E-state index contributed by atoms with van der Waals surface area (Å²) in [5, 5.41) is 15.9. The zero-order valence-corrected chi connectivity index (χ0v) is 12.5. The van der Waals surface area contributed by atoms with Gasteiger partial charge in [0.2, 0.25) is 0 Å². The summed E-state index contributed by atoms with van der Waals surface area (Å²) in [4.78, 5) is 0. The monoisotopic (exact) mass is 308 g/mol. The van der Waals surface area contributed by atoms with Gasteiger partial charge in [-0.2, -0.15) is 0 Å². The van der Waals surface area contributed by atoms with Gasteiger partial charge in [-0.3, -0.25) is 10.8 Å². The molecule has 6 nitrogen and oxygen atoms in total. The molecule has 0 radical (unpaired) electrons. The highest BCUT2D eigenvalue weighted by molar-refractivity contribution is 5.99.